The molecule has 1 unspecified atom stereocenters. The van der Waals surface area contributed by atoms with Gasteiger partial charge in [-0.15, -0.1) is 0 Å². The second-order valence-corrected chi connectivity index (χ2v) is 7.98. The van der Waals surface area contributed by atoms with Gasteiger partial charge in [0.2, 0.25) is 0 Å². The van der Waals surface area contributed by atoms with Crippen molar-refractivity contribution in [1.82, 2.24) is 5.32 Å². The quantitative estimate of drug-likeness (QED) is 0.479. The third-order valence-electron chi connectivity index (χ3n) is 4.26. The molecule has 0 aromatic heterocycles. The van der Waals surface area contributed by atoms with E-state index in [-0.39, 0.29) is 5.92 Å². The summed E-state index contributed by atoms with van der Waals surface area (Å²) in [4.78, 5) is 11.5. The molecule has 0 heterocycles. The topological polar surface area (TPSA) is 67.8 Å². The van der Waals surface area contributed by atoms with Crippen LogP contribution in [0.15, 0.2) is 36.4 Å². The van der Waals surface area contributed by atoms with Crippen molar-refractivity contribution in [3.8, 4) is 11.5 Å². The number of carbonyl (C=O) groups is 1. The van der Waals surface area contributed by atoms with Crippen molar-refractivity contribution in [2.75, 3.05) is 6.61 Å². The summed E-state index contributed by atoms with van der Waals surface area (Å²) < 4.78 is 11.6. The van der Waals surface area contributed by atoms with Crippen LogP contribution in [-0.2, 0) is 17.9 Å². The van der Waals surface area contributed by atoms with Gasteiger partial charge >= 0.3 is 5.97 Å². The first-order chi connectivity index (χ1) is 13.8. The number of carboxylic acid groups (broad SMARTS) is 1. The molecule has 2 rings (SSSR count). The number of hydrogen-bond donors (Lipinski definition) is 2. The predicted molar refractivity (Wildman–Crippen MR) is 116 cm³/mol. The van der Waals surface area contributed by atoms with Crippen LogP contribution in [0.3, 0.4) is 0 Å². The summed E-state index contributed by atoms with van der Waals surface area (Å²) in [7, 11) is 0. The average molecular weight is 440 g/mol. The summed E-state index contributed by atoms with van der Waals surface area (Å²) >= 11 is 12.3. The summed E-state index contributed by atoms with van der Waals surface area (Å²) in [6, 6.07) is 10.3. The Morgan fingerprint density at radius 1 is 1.10 bits per heavy atom. The summed E-state index contributed by atoms with van der Waals surface area (Å²) in [6.45, 7) is 7.01. The van der Waals surface area contributed by atoms with Gasteiger partial charge in [0, 0.05) is 22.7 Å². The van der Waals surface area contributed by atoms with E-state index in [1.54, 1.807) is 12.1 Å². The molecule has 5 nitrogen and oxygen atoms in total. The van der Waals surface area contributed by atoms with Gasteiger partial charge in [-0.1, -0.05) is 49.2 Å². The highest BCUT2D eigenvalue weighted by molar-refractivity contribution is 6.31. The SMILES string of the molecule is CCOc1cc(CNC(CC(C)C)C(=O)O)c(Cl)cc1OCc1ccc(Cl)cc1. The second-order valence-electron chi connectivity index (χ2n) is 7.14. The molecule has 2 aromatic rings. The number of carboxylic acids is 1. The van der Waals surface area contributed by atoms with Crippen molar-refractivity contribution in [3.05, 3.63) is 57.6 Å². The first kappa shape index (κ1) is 23.3. The molecule has 29 heavy (non-hydrogen) atoms. The number of hydrogen-bond acceptors (Lipinski definition) is 4. The van der Waals surface area contributed by atoms with Gasteiger partial charge in [-0.25, -0.2) is 0 Å². The third kappa shape index (κ3) is 7.42. The Labute approximate surface area is 181 Å². The van der Waals surface area contributed by atoms with Crippen molar-refractivity contribution in [2.24, 2.45) is 5.92 Å². The van der Waals surface area contributed by atoms with Crippen molar-refractivity contribution in [1.29, 1.82) is 0 Å². The molecule has 0 radical (unpaired) electrons. The van der Waals surface area contributed by atoms with Gasteiger partial charge in [-0.3, -0.25) is 4.79 Å². The van der Waals surface area contributed by atoms with Gasteiger partial charge in [0.05, 0.1) is 6.61 Å². The predicted octanol–water partition coefficient (Wildman–Crippen LogP) is 5.56. The number of halogens is 2. The minimum absolute atomic E-state index is 0.265. The fourth-order valence-electron chi connectivity index (χ4n) is 2.81. The summed E-state index contributed by atoms with van der Waals surface area (Å²) in [6.07, 6.45) is 0.535. The largest absolute Gasteiger partial charge is 0.490 e. The Balaban J connectivity index is 2.13. The zero-order valence-corrected chi connectivity index (χ0v) is 18.4. The minimum Gasteiger partial charge on any atom is -0.490 e. The molecule has 2 N–H and O–H groups in total. The van der Waals surface area contributed by atoms with Crippen LogP contribution < -0.4 is 14.8 Å². The molecule has 0 aliphatic rings. The molecule has 0 spiro atoms. The van der Waals surface area contributed by atoms with E-state index < -0.39 is 12.0 Å². The van der Waals surface area contributed by atoms with Crippen LogP contribution in [0, 0.1) is 5.92 Å². The number of benzene rings is 2. The summed E-state index contributed by atoms with van der Waals surface area (Å²) in [5.41, 5.74) is 1.72. The molecule has 158 valence electrons. The van der Waals surface area contributed by atoms with E-state index in [9.17, 15) is 9.90 Å². The lowest BCUT2D eigenvalue weighted by molar-refractivity contribution is -0.140. The van der Waals surface area contributed by atoms with Crippen LogP contribution in [0.2, 0.25) is 10.0 Å². The lowest BCUT2D eigenvalue weighted by Crippen LogP contribution is -2.37. The maximum absolute atomic E-state index is 11.5. The van der Waals surface area contributed by atoms with E-state index in [2.05, 4.69) is 5.32 Å². The molecule has 0 aliphatic heterocycles. The molecule has 0 aliphatic carbocycles. The Bertz CT molecular complexity index is 809. The fourth-order valence-corrected chi connectivity index (χ4v) is 3.16. The van der Waals surface area contributed by atoms with E-state index >= 15 is 0 Å². The van der Waals surface area contributed by atoms with E-state index in [0.717, 1.165) is 11.1 Å². The smallest absolute Gasteiger partial charge is 0.320 e. The first-order valence-electron chi connectivity index (χ1n) is 9.58. The van der Waals surface area contributed by atoms with E-state index in [1.165, 1.54) is 0 Å². The molecule has 0 saturated heterocycles. The van der Waals surface area contributed by atoms with Crippen molar-refractivity contribution in [3.63, 3.8) is 0 Å². The van der Waals surface area contributed by atoms with Gasteiger partial charge in [0.25, 0.3) is 0 Å². The molecule has 1 atom stereocenters. The Kier molecular flexibility index (Phi) is 9.08. The Morgan fingerprint density at radius 3 is 2.34 bits per heavy atom. The van der Waals surface area contributed by atoms with Crippen molar-refractivity contribution in [2.45, 2.75) is 46.4 Å². The number of nitrogens with one attached hydrogen (secondary N) is 1. The van der Waals surface area contributed by atoms with Gasteiger partial charge in [0.15, 0.2) is 11.5 Å². The lowest BCUT2D eigenvalue weighted by atomic mass is 10.0. The standard InChI is InChI=1S/C22H27Cl2NO4/c1-4-28-20-10-16(12-25-19(22(26)27)9-14(2)3)18(24)11-21(20)29-13-15-5-7-17(23)8-6-15/h5-8,10-11,14,19,25H,4,9,12-13H2,1-3H3,(H,26,27). The average Bonchev–Trinajstić information content (AvgIpc) is 2.66. The molecular weight excluding hydrogens is 413 g/mol. The molecule has 0 saturated carbocycles. The molecular formula is C22H27Cl2NO4. The number of ether oxygens (including phenoxy) is 2. The highest BCUT2D eigenvalue weighted by atomic mass is 35.5. The normalized spacial score (nSPS) is 12.1. The van der Waals surface area contributed by atoms with Gasteiger partial charge in [0.1, 0.15) is 12.6 Å². The third-order valence-corrected chi connectivity index (χ3v) is 4.87. The number of rotatable bonds is 11. The monoisotopic (exact) mass is 439 g/mol. The highest BCUT2D eigenvalue weighted by Crippen LogP contribution is 2.34. The maximum atomic E-state index is 11.5. The van der Waals surface area contributed by atoms with Gasteiger partial charge in [-0.2, -0.15) is 0 Å². The van der Waals surface area contributed by atoms with Crippen LogP contribution in [0.25, 0.3) is 0 Å². The zero-order valence-electron chi connectivity index (χ0n) is 16.9. The van der Waals surface area contributed by atoms with Crippen molar-refractivity contribution >= 4 is 29.2 Å². The van der Waals surface area contributed by atoms with Crippen LogP contribution in [0.5, 0.6) is 11.5 Å². The van der Waals surface area contributed by atoms with Gasteiger partial charge in [-0.05, 0) is 48.6 Å². The zero-order chi connectivity index (χ0) is 21.4. The molecule has 7 heteroatoms. The second kappa shape index (κ2) is 11.3. The highest BCUT2D eigenvalue weighted by Gasteiger charge is 2.19. The minimum atomic E-state index is -0.872. The molecule has 0 amide bonds. The summed E-state index contributed by atoms with van der Waals surface area (Å²) in [5, 5.41) is 13.6. The van der Waals surface area contributed by atoms with E-state index in [0.29, 0.717) is 47.7 Å². The van der Waals surface area contributed by atoms with Gasteiger partial charge < -0.3 is 19.9 Å². The van der Waals surface area contributed by atoms with Crippen LogP contribution in [0.1, 0.15) is 38.3 Å². The maximum Gasteiger partial charge on any atom is 0.320 e. The van der Waals surface area contributed by atoms with Crippen LogP contribution in [-0.4, -0.2) is 23.7 Å². The lowest BCUT2D eigenvalue weighted by Gasteiger charge is -2.18. The fraction of sp³-hybridized carbons (Fsp3) is 0.409. The Hall–Kier alpha value is -1.95. The van der Waals surface area contributed by atoms with Crippen molar-refractivity contribution < 1.29 is 19.4 Å². The van der Waals surface area contributed by atoms with Crippen LogP contribution in [0.4, 0.5) is 0 Å². The molecule has 0 fully saturated rings. The van der Waals surface area contributed by atoms with E-state index in [4.69, 9.17) is 32.7 Å². The summed E-state index contributed by atoms with van der Waals surface area (Å²) in [5.74, 6) is 0.496. The molecule has 2 aromatic carbocycles. The van der Waals surface area contributed by atoms with E-state index in [1.807, 2.05) is 45.0 Å². The van der Waals surface area contributed by atoms with Crippen LogP contribution >= 0.6 is 23.2 Å². The Morgan fingerprint density at radius 2 is 1.76 bits per heavy atom. The first-order valence-corrected chi connectivity index (χ1v) is 10.3. The molecule has 0 bridgehead atoms. The number of aliphatic carboxylic acids is 1.